The van der Waals surface area contributed by atoms with Crippen molar-refractivity contribution < 1.29 is 17.1 Å². The molecule has 1 unspecified atom stereocenters. The summed E-state index contributed by atoms with van der Waals surface area (Å²) in [5.41, 5.74) is 1.74. The zero-order valence-electron chi connectivity index (χ0n) is 10.3. The van der Waals surface area contributed by atoms with Crippen LogP contribution in [0.25, 0.3) is 0 Å². The van der Waals surface area contributed by atoms with E-state index in [0.717, 1.165) is 10.0 Å². The summed E-state index contributed by atoms with van der Waals surface area (Å²) in [6, 6.07) is 5.47. The Morgan fingerprint density at radius 1 is 1.47 bits per heavy atom. The van der Waals surface area contributed by atoms with Gasteiger partial charge in [0.2, 0.25) is 5.91 Å². The highest BCUT2D eigenvalue weighted by atomic mass is 79.9. The molecule has 104 valence electrons. The van der Waals surface area contributed by atoms with Crippen molar-refractivity contribution in [2.75, 3.05) is 17.2 Å². The topological polar surface area (TPSA) is 54.5 Å². The summed E-state index contributed by atoms with van der Waals surface area (Å²) in [6.07, 6.45) is 0.0641. The number of nitrogens with zero attached hydrogens (tertiary/aromatic N) is 1. The average Bonchev–Trinajstić information content (AvgIpc) is 2.61. The number of hydrogen-bond donors (Lipinski definition) is 0. The number of carbonyl (C=O) groups excluding carboxylic acids is 1. The molecule has 1 atom stereocenters. The van der Waals surface area contributed by atoms with E-state index in [0.29, 0.717) is 5.69 Å². The maximum atomic E-state index is 12.6. The van der Waals surface area contributed by atoms with Crippen LogP contribution >= 0.6 is 15.9 Å². The lowest BCUT2D eigenvalue weighted by Crippen LogP contribution is -2.25. The van der Waals surface area contributed by atoms with Crippen molar-refractivity contribution in [1.82, 2.24) is 0 Å². The number of aryl methyl sites for hydroxylation is 1. The van der Waals surface area contributed by atoms with Gasteiger partial charge in [0.05, 0.1) is 5.75 Å². The van der Waals surface area contributed by atoms with Crippen LogP contribution in [0.4, 0.5) is 9.57 Å². The third-order valence-electron chi connectivity index (χ3n) is 3.11. The highest BCUT2D eigenvalue weighted by Gasteiger charge is 2.33. The van der Waals surface area contributed by atoms with Crippen LogP contribution in [-0.4, -0.2) is 26.6 Å². The monoisotopic (exact) mass is 349 g/mol. The molecule has 0 radical (unpaired) electrons. The van der Waals surface area contributed by atoms with Crippen molar-refractivity contribution in [3.63, 3.8) is 0 Å². The Labute approximate surface area is 119 Å². The van der Waals surface area contributed by atoms with Gasteiger partial charge in [-0.15, -0.1) is 3.89 Å². The van der Waals surface area contributed by atoms with Gasteiger partial charge in [-0.1, -0.05) is 22.0 Å². The lowest BCUT2D eigenvalue weighted by molar-refractivity contribution is -0.117. The van der Waals surface area contributed by atoms with Crippen molar-refractivity contribution in [3.8, 4) is 0 Å². The molecule has 0 bridgehead atoms. The lowest BCUT2D eigenvalue weighted by atomic mass is 10.1. The first-order valence-corrected chi connectivity index (χ1v) is 8.09. The Morgan fingerprint density at radius 3 is 2.74 bits per heavy atom. The Bertz CT molecular complexity index is 617. The molecule has 0 aliphatic carbocycles. The molecule has 1 aromatic rings. The highest BCUT2D eigenvalue weighted by molar-refractivity contribution is 9.10. The van der Waals surface area contributed by atoms with Crippen molar-refractivity contribution >= 4 is 37.7 Å². The van der Waals surface area contributed by atoms with Crippen LogP contribution < -0.4 is 4.90 Å². The Morgan fingerprint density at radius 2 is 2.16 bits per heavy atom. The number of carbonyl (C=O) groups is 1. The summed E-state index contributed by atoms with van der Waals surface area (Å²) < 4.78 is 34.8. The molecular formula is C12H13BrFNO3S. The smallest absolute Gasteiger partial charge is 0.302 e. The zero-order valence-corrected chi connectivity index (χ0v) is 12.7. The molecule has 4 nitrogen and oxygen atoms in total. The molecule has 0 aromatic heterocycles. The summed E-state index contributed by atoms with van der Waals surface area (Å²) in [7, 11) is -4.54. The standard InChI is InChI=1S/C12H13BrFNO3S/c1-8-2-3-10(5-11(8)13)15-6-9(4-12(15)16)7-19(14,17)18/h2-3,5,9H,4,6-7H2,1H3. The molecule has 19 heavy (non-hydrogen) atoms. The molecule has 7 heteroatoms. The first kappa shape index (κ1) is 14.5. The van der Waals surface area contributed by atoms with Gasteiger partial charge >= 0.3 is 10.2 Å². The summed E-state index contributed by atoms with van der Waals surface area (Å²) in [5.74, 6) is -1.26. The van der Waals surface area contributed by atoms with E-state index in [-0.39, 0.29) is 18.9 Å². The van der Waals surface area contributed by atoms with Crippen LogP contribution in [0.2, 0.25) is 0 Å². The quantitative estimate of drug-likeness (QED) is 0.787. The highest BCUT2D eigenvalue weighted by Crippen LogP contribution is 2.29. The summed E-state index contributed by atoms with van der Waals surface area (Å²) in [5, 5.41) is 0. The largest absolute Gasteiger partial charge is 0.312 e. The Kier molecular flexibility index (Phi) is 3.96. The maximum Gasteiger partial charge on any atom is 0.302 e. The number of benzene rings is 1. The van der Waals surface area contributed by atoms with Crippen molar-refractivity contribution in [2.24, 2.45) is 5.92 Å². The number of amides is 1. The summed E-state index contributed by atoms with van der Waals surface area (Å²) >= 11 is 3.38. The lowest BCUT2D eigenvalue weighted by Gasteiger charge is -2.17. The van der Waals surface area contributed by atoms with Crippen molar-refractivity contribution in [2.45, 2.75) is 13.3 Å². The van der Waals surface area contributed by atoms with E-state index >= 15 is 0 Å². The van der Waals surface area contributed by atoms with E-state index in [9.17, 15) is 17.1 Å². The first-order chi connectivity index (χ1) is 8.76. The SMILES string of the molecule is Cc1ccc(N2CC(CS(=O)(=O)F)CC2=O)cc1Br. The minimum atomic E-state index is -4.54. The van der Waals surface area contributed by atoms with Gasteiger partial charge in [-0.3, -0.25) is 4.79 Å². The van der Waals surface area contributed by atoms with Gasteiger partial charge < -0.3 is 4.90 Å². The van der Waals surface area contributed by atoms with E-state index in [2.05, 4.69) is 15.9 Å². The third kappa shape index (κ3) is 3.54. The number of hydrogen-bond acceptors (Lipinski definition) is 3. The molecule has 0 N–H and O–H groups in total. The fraction of sp³-hybridized carbons (Fsp3) is 0.417. The maximum absolute atomic E-state index is 12.6. The van der Waals surface area contributed by atoms with Gasteiger partial charge in [0, 0.05) is 29.0 Å². The third-order valence-corrected chi connectivity index (χ3v) is 4.83. The van der Waals surface area contributed by atoms with Gasteiger partial charge in [0.25, 0.3) is 0 Å². The molecule has 1 fully saturated rings. The van der Waals surface area contributed by atoms with Gasteiger partial charge in [0.1, 0.15) is 0 Å². The second kappa shape index (κ2) is 5.20. The van der Waals surface area contributed by atoms with Gasteiger partial charge in [-0.2, -0.15) is 8.42 Å². The van der Waals surface area contributed by atoms with Crippen molar-refractivity contribution in [1.29, 1.82) is 0 Å². The van der Waals surface area contributed by atoms with Crippen LogP contribution in [0.1, 0.15) is 12.0 Å². The second-order valence-electron chi connectivity index (χ2n) is 4.71. The molecule has 1 saturated heterocycles. The van der Waals surface area contributed by atoms with Gasteiger partial charge in [-0.25, -0.2) is 0 Å². The molecule has 1 amide bonds. The van der Waals surface area contributed by atoms with Crippen LogP contribution in [0.3, 0.4) is 0 Å². The molecule has 1 aliphatic rings. The molecule has 1 aromatic carbocycles. The number of rotatable bonds is 3. The van der Waals surface area contributed by atoms with Crippen LogP contribution in [0, 0.1) is 12.8 Å². The molecule has 2 rings (SSSR count). The second-order valence-corrected chi connectivity index (χ2v) is 6.98. The van der Waals surface area contributed by atoms with E-state index in [4.69, 9.17) is 0 Å². The van der Waals surface area contributed by atoms with Crippen LogP contribution in [-0.2, 0) is 15.0 Å². The van der Waals surface area contributed by atoms with E-state index in [1.807, 2.05) is 13.0 Å². The van der Waals surface area contributed by atoms with E-state index in [1.165, 1.54) is 4.90 Å². The fourth-order valence-corrected chi connectivity index (χ4v) is 3.33. The van der Waals surface area contributed by atoms with Gasteiger partial charge in [0.15, 0.2) is 0 Å². The summed E-state index contributed by atoms with van der Waals surface area (Å²) in [6.45, 7) is 2.16. The first-order valence-electron chi connectivity index (χ1n) is 5.75. The Balaban J connectivity index is 2.18. The predicted octanol–water partition coefficient (Wildman–Crippen LogP) is 2.41. The molecule has 1 heterocycles. The zero-order chi connectivity index (χ0) is 14.2. The number of anilines is 1. The number of halogens is 2. The average molecular weight is 350 g/mol. The minimum Gasteiger partial charge on any atom is -0.312 e. The van der Waals surface area contributed by atoms with Crippen LogP contribution in [0.5, 0.6) is 0 Å². The van der Waals surface area contributed by atoms with Crippen molar-refractivity contribution in [3.05, 3.63) is 28.2 Å². The molecule has 0 spiro atoms. The van der Waals surface area contributed by atoms with Crippen LogP contribution in [0.15, 0.2) is 22.7 Å². The molecule has 1 aliphatic heterocycles. The summed E-state index contributed by atoms with van der Waals surface area (Å²) in [4.78, 5) is 13.4. The van der Waals surface area contributed by atoms with Gasteiger partial charge in [-0.05, 0) is 24.6 Å². The minimum absolute atomic E-state index is 0.0641. The fourth-order valence-electron chi connectivity index (χ4n) is 2.17. The normalized spacial score (nSPS) is 20.1. The molecule has 0 saturated carbocycles. The van der Waals surface area contributed by atoms with E-state index in [1.54, 1.807) is 12.1 Å². The Hall–Kier alpha value is -0.950. The predicted molar refractivity (Wildman–Crippen MR) is 74.2 cm³/mol. The molecular weight excluding hydrogens is 337 g/mol. The van der Waals surface area contributed by atoms with E-state index < -0.39 is 21.9 Å².